The zero-order chi connectivity index (χ0) is 16.7. The lowest BCUT2D eigenvalue weighted by Crippen LogP contribution is -2.24. The number of hydrogen-bond acceptors (Lipinski definition) is 5. The fourth-order valence-corrected chi connectivity index (χ4v) is 1.87. The number of nitro groups is 1. The molecule has 0 atom stereocenters. The Labute approximate surface area is 140 Å². The molecule has 0 aliphatic heterocycles. The lowest BCUT2D eigenvalue weighted by molar-refractivity contribution is -0.384. The molecule has 2 aromatic rings. The molecule has 0 saturated carbocycles. The maximum Gasteiger partial charge on any atom is 0.277 e. The van der Waals surface area contributed by atoms with Crippen LogP contribution in [0.4, 0.5) is 5.69 Å². The van der Waals surface area contributed by atoms with Gasteiger partial charge in [0.15, 0.2) is 6.61 Å². The van der Waals surface area contributed by atoms with Crippen LogP contribution in [0.1, 0.15) is 5.56 Å². The number of hydrazone groups is 1. The highest BCUT2D eigenvalue weighted by Crippen LogP contribution is 2.15. The number of non-ortho nitro benzene ring substituents is 1. The Morgan fingerprint density at radius 2 is 2.04 bits per heavy atom. The summed E-state index contributed by atoms with van der Waals surface area (Å²) in [6, 6.07) is 13.0. The van der Waals surface area contributed by atoms with E-state index >= 15 is 0 Å². The largest absolute Gasteiger partial charge is 0.484 e. The predicted octanol–water partition coefficient (Wildman–Crippen LogP) is 2.89. The summed E-state index contributed by atoms with van der Waals surface area (Å²) in [5, 5.41) is 14.4. The molecule has 0 fully saturated rings. The van der Waals surface area contributed by atoms with Crippen LogP contribution >= 0.6 is 15.9 Å². The van der Waals surface area contributed by atoms with Gasteiger partial charge in [0.25, 0.3) is 11.6 Å². The molecule has 1 amide bonds. The van der Waals surface area contributed by atoms with Crippen molar-refractivity contribution in [1.29, 1.82) is 0 Å². The molecule has 0 aliphatic rings. The van der Waals surface area contributed by atoms with Crippen molar-refractivity contribution in [1.82, 2.24) is 5.43 Å². The maximum absolute atomic E-state index is 11.6. The first-order valence-corrected chi connectivity index (χ1v) is 7.28. The lowest BCUT2D eigenvalue weighted by atomic mass is 10.2. The molecule has 0 spiro atoms. The quantitative estimate of drug-likeness (QED) is 0.475. The monoisotopic (exact) mass is 377 g/mol. The van der Waals surface area contributed by atoms with Gasteiger partial charge in [-0.2, -0.15) is 5.10 Å². The molecule has 7 nitrogen and oxygen atoms in total. The Morgan fingerprint density at radius 3 is 2.74 bits per heavy atom. The summed E-state index contributed by atoms with van der Waals surface area (Å²) in [6.07, 6.45) is 1.32. The third kappa shape index (κ3) is 5.51. The molecule has 0 bridgehead atoms. The summed E-state index contributed by atoms with van der Waals surface area (Å²) in [5.74, 6) is 0.126. The van der Waals surface area contributed by atoms with Gasteiger partial charge < -0.3 is 4.74 Å². The molecule has 2 rings (SSSR count). The fourth-order valence-electron chi connectivity index (χ4n) is 1.61. The van der Waals surface area contributed by atoms with E-state index in [4.69, 9.17) is 4.74 Å². The van der Waals surface area contributed by atoms with Crippen molar-refractivity contribution in [3.05, 3.63) is 68.7 Å². The van der Waals surface area contributed by atoms with Crippen molar-refractivity contribution in [2.45, 2.75) is 0 Å². The molecule has 2 aromatic carbocycles. The number of nitrogens with zero attached hydrogens (tertiary/aromatic N) is 2. The van der Waals surface area contributed by atoms with Gasteiger partial charge in [0.05, 0.1) is 11.1 Å². The van der Waals surface area contributed by atoms with Gasteiger partial charge in [-0.15, -0.1) is 0 Å². The minimum Gasteiger partial charge on any atom is -0.484 e. The molecule has 0 unspecified atom stereocenters. The molecule has 0 aromatic heterocycles. The van der Waals surface area contributed by atoms with Crippen LogP contribution in [0.2, 0.25) is 0 Å². The van der Waals surface area contributed by atoms with Crippen molar-refractivity contribution in [3.63, 3.8) is 0 Å². The van der Waals surface area contributed by atoms with E-state index in [9.17, 15) is 14.9 Å². The van der Waals surface area contributed by atoms with Gasteiger partial charge in [-0.3, -0.25) is 14.9 Å². The highest BCUT2D eigenvalue weighted by atomic mass is 79.9. The summed E-state index contributed by atoms with van der Waals surface area (Å²) in [4.78, 5) is 21.7. The van der Waals surface area contributed by atoms with Crippen molar-refractivity contribution < 1.29 is 14.5 Å². The van der Waals surface area contributed by atoms with E-state index in [2.05, 4.69) is 26.5 Å². The first-order chi connectivity index (χ1) is 11.0. The van der Waals surface area contributed by atoms with Gasteiger partial charge in [-0.05, 0) is 24.3 Å². The van der Waals surface area contributed by atoms with E-state index in [1.807, 2.05) is 0 Å². The standard InChI is InChI=1S/C15H12BrN3O4/c16-12-4-6-14(7-5-12)23-10-15(20)18-17-9-11-2-1-3-13(8-11)19(21)22/h1-9H,10H2,(H,18,20). The summed E-state index contributed by atoms with van der Waals surface area (Å²) >= 11 is 3.30. The van der Waals surface area contributed by atoms with E-state index in [1.54, 1.807) is 30.3 Å². The molecule has 0 aliphatic carbocycles. The van der Waals surface area contributed by atoms with Gasteiger partial charge in [-0.25, -0.2) is 5.43 Å². The number of hydrogen-bond donors (Lipinski definition) is 1. The molecule has 1 N–H and O–H groups in total. The van der Waals surface area contributed by atoms with E-state index in [1.165, 1.54) is 24.4 Å². The van der Waals surface area contributed by atoms with Crippen LogP contribution in [0, 0.1) is 10.1 Å². The summed E-state index contributed by atoms with van der Waals surface area (Å²) in [6.45, 7) is -0.187. The number of carbonyl (C=O) groups excluding carboxylic acids is 1. The van der Waals surface area contributed by atoms with Gasteiger partial charge >= 0.3 is 0 Å². The lowest BCUT2D eigenvalue weighted by Gasteiger charge is -2.04. The van der Waals surface area contributed by atoms with Crippen LogP contribution < -0.4 is 10.2 Å². The Morgan fingerprint density at radius 1 is 1.30 bits per heavy atom. The Kier molecular flexibility index (Phi) is 5.81. The van der Waals surface area contributed by atoms with E-state index in [0.717, 1.165) is 4.47 Å². The second-order valence-electron chi connectivity index (χ2n) is 4.39. The smallest absolute Gasteiger partial charge is 0.277 e. The van der Waals surface area contributed by atoms with Gasteiger partial charge in [-0.1, -0.05) is 28.1 Å². The highest BCUT2D eigenvalue weighted by molar-refractivity contribution is 9.10. The number of nitrogens with one attached hydrogen (secondary N) is 1. The van der Waals surface area contributed by atoms with Crippen molar-refractivity contribution in [2.24, 2.45) is 5.10 Å². The number of nitro benzene ring substituents is 1. The third-order valence-electron chi connectivity index (χ3n) is 2.67. The summed E-state index contributed by atoms with van der Waals surface area (Å²) in [5.41, 5.74) is 2.75. The zero-order valence-corrected chi connectivity index (χ0v) is 13.4. The molecular weight excluding hydrogens is 366 g/mol. The van der Waals surface area contributed by atoms with E-state index in [0.29, 0.717) is 11.3 Å². The predicted molar refractivity (Wildman–Crippen MR) is 88.5 cm³/mol. The van der Waals surface area contributed by atoms with Crippen LogP contribution in [0.3, 0.4) is 0 Å². The van der Waals surface area contributed by atoms with Crippen LogP contribution in [0.5, 0.6) is 5.75 Å². The number of amides is 1. The van der Waals surface area contributed by atoms with Crippen molar-refractivity contribution in [2.75, 3.05) is 6.61 Å². The Bertz CT molecular complexity index is 732. The molecule has 23 heavy (non-hydrogen) atoms. The zero-order valence-electron chi connectivity index (χ0n) is 11.8. The average molecular weight is 378 g/mol. The van der Waals surface area contributed by atoms with E-state index in [-0.39, 0.29) is 12.3 Å². The molecule has 0 heterocycles. The minimum atomic E-state index is -0.498. The average Bonchev–Trinajstić information content (AvgIpc) is 2.54. The number of carbonyl (C=O) groups is 1. The number of halogens is 1. The van der Waals surface area contributed by atoms with Crippen LogP contribution in [-0.4, -0.2) is 23.7 Å². The first-order valence-electron chi connectivity index (χ1n) is 6.49. The van der Waals surface area contributed by atoms with E-state index < -0.39 is 10.8 Å². The molecule has 0 radical (unpaired) electrons. The van der Waals surface area contributed by atoms with Gasteiger partial charge in [0.2, 0.25) is 0 Å². The van der Waals surface area contributed by atoms with Crippen LogP contribution in [-0.2, 0) is 4.79 Å². The van der Waals surface area contributed by atoms with Gasteiger partial charge in [0.1, 0.15) is 5.75 Å². The summed E-state index contributed by atoms with van der Waals surface area (Å²) in [7, 11) is 0. The van der Waals surface area contributed by atoms with Crippen molar-refractivity contribution >= 4 is 33.7 Å². The second-order valence-corrected chi connectivity index (χ2v) is 5.30. The SMILES string of the molecule is O=C(COc1ccc(Br)cc1)NN=Cc1cccc([N+](=O)[O-])c1. The number of benzene rings is 2. The number of ether oxygens (including phenoxy) is 1. The third-order valence-corrected chi connectivity index (χ3v) is 3.20. The normalized spacial score (nSPS) is 10.5. The maximum atomic E-state index is 11.6. The molecule has 8 heteroatoms. The van der Waals surface area contributed by atoms with Crippen LogP contribution in [0.25, 0.3) is 0 Å². The Hall–Kier alpha value is -2.74. The molecule has 0 saturated heterocycles. The van der Waals surface area contributed by atoms with Crippen LogP contribution in [0.15, 0.2) is 58.1 Å². The topological polar surface area (TPSA) is 93.8 Å². The number of rotatable bonds is 6. The molecule has 118 valence electrons. The Balaban J connectivity index is 1.83. The highest BCUT2D eigenvalue weighted by Gasteiger charge is 2.04. The van der Waals surface area contributed by atoms with Gasteiger partial charge in [0, 0.05) is 22.2 Å². The fraction of sp³-hybridized carbons (Fsp3) is 0.0667. The summed E-state index contributed by atoms with van der Waals surface area (Å²) < 4.78 is 6.19. The molecular formula is C15H12BrN3O4. The van der Waals surface area contributed by atoms with Crippen molar-refractivity contribution in [3.8, 4) is 5.75 Å². The second kappa shape index (κ2) is 8.04. The minimum absolute atomic E-state index is 0.0427. The first kappa shape index (κ1) is 16.6.